The molecule has 132 valence electrons. The molecule has 0 spiro atoms. The van der Waals surface area contributed by atoms with Crippen LogP contribution in [0.5, 0.6) is 0 Å². The molecular formula is C17H19N3O5. The summed E-state index contributed by atoms with van der Waals surface area (Å²) in [6.07, 6.45) is 2.66. The predicted molar refractivity (Wildman–Crippen MR) is 84.9 cm³/mol. The lowest BCUT2D eigenvalue weighted by atomic mass is 9.79. The first-order chi connectivity index (χ1) is 11.8. The zero-order valence-corrected chi connectivity index (χ0v) is 14.1. The van der Waals surface area contributed by atoms with Crippen LogP contribution < -0.4 is 0 Å². The smallest absolute Gasteiger partial charge is 0.352 e. The van der Waals surface area contributed by atoms with Crippen LogP contribution in [0.15, 0.2) is 22.9 Å². The number of allylic oxidation sites excluding steroid dienone is 2. The van der Waals surface area contributed by atoms with E-state index in [9.17, 15) is 24.3 Å². The summed E-state index contributed by atoms with van der Waals surface area (Å²) in [6, 6.07) is -0.795. The minimum Gasteiger partial charge on any atom is -0.477 e. The van der Waals surface area contributed by atoms with Crippen molar-refractivity contribution in [2.75, 3.05) is 20.1 Å². The topological polar surface area (TPSA) is 98.2 Å². The van der Waals surface area contributed by atoms with Crippen molar-refractivity contribution in [3.05, 3.63) is 22.9 Å². The summed E-state index contributed by atoms with van der Waals surface area (Å²) in [6.45, 7) is 2.48. The molecular weight excluding hydrogens is 326 g/mol. The normalized spacial score (nSPS) is 32.5. The maximum Gasteiger partial charge on any atom is 0.352 e. The van der Waals surface area contributed by atoms with E-state index in [-0.39, 0.29) is 35.4 Å². The SMILES string of the molecule is CC(=O)N1CC2CC(/C=C3\CCN(C)C3=O)=C(C(=O)O)N3C(=O)C1[C@@H]23. The maximum absolute atomic E-state index is 12.5. The van der Waals surface area contributed by atoms with Crippen LogP contribution in [-0.4, -0.2) is 75.7 Å². The van der Waals surface area contributed by atoms with Crippen molar-refractivity contribution in [3.8, 4) is 0 Å². The van der Waals surface area contributed by atoms with Gasteiger partial charge in [0.2, 0.25) is 11.8 Å². The van der Waals surface area contributed by atoms with Gasteiger partial charge in [-0.25, -0.2) is 4.79 Å². The molecule has 3 amide bonds. The van der Waals surface area contributed by atoms with Gasteiger partial charge < -0.3 is 14.9 Å². The summed E-state index contributed by atoms with van der Waals surface area (Å²) in [5, 5.41) is 9.65. The van der Waals surface area contributed by atoms with E-state index < -0.39 is 12.0 Å². The number of carboxylic acid groups (broad SMARTS) is 1. The summed E-state index contributed by atoms with van der Waals surface area (Å²) in [7, 11) is 1.71. The fourth-order valence-electron chi connectivity index (χ4n) is 4.51. The highest BCUT2D eigenvalue weighted by Gasteiger charge is 2.63. The molecule has 4 aliphatic rings. The Kier molecular flexibility index (Phi) is 3.28. The van der Waals surface area contributed by atoms with Gasteiger partial charge >= 0.3 is 5.97 Å². The van der Waals surface area contributed by atoms with Crippen LogP contribution in [-0.2, 0) is 19.2 Å². The summed E-state index contributed by atoms with van der Waals surface area (Å²) in [5.74, 6) is -1.78. The molecule has 0 aromatic heterocycles. The van der Waals surface area contributed by atoms with E-state index in [0.717, 1.165) is 0 Å². The first-order valence-electron chi connectivity index (χ1n) is 8.34. The Balaban J connectivity index is 1.74. The Hall–Kier alpha value is -2.64. The lowest BCUT2D eigenvalue weighted by Gasteiger charge is -2.49. The molecule has 2 unspecified atom stereocenters. The summed E-state index contributed by atoms with van der Waals surface area (Å²) in [5.41, 5.74) is 1.04. The van der Waals surface area contributed by atoms with Crippen molar-refractivity contribution in [1.29, 1.82) is 0 Å². The molecule has 0 aromatic rings. The first kappa shape index (κ1) is 15.9. The number of rotatable bonds is 2. The monoisotopic (exact) mass is 345 g/mol. The molecule has 4 rings (SSSR count). The highest BCUT2D eigenvalue weighted by atomic mass is 16.4. The molecule has 8 nitrogen and oxygen atoms in total. The Morgan fingerprint density at radius 2 is 2.00 bits per heavy atom. The second kappa shape index (κ2) is 5.18. The van der Waals surface area contributed by atoms with Crippen molar-refractivity contribution in [3.63, 3.8) is 0 Å². The van der Waals surface area contributed by atoms with Gasteiger partial charge in [0, 0.05) is 38.6 Å². The number of carbonyl (C=O) groups excluding carboxylic acids is 3. The molecule has 0 radical (unpaired) electrons. The molecule has 4 aliphatic heterocycles. The van der Waals surface area contributed by atoms with E-state index in [1.807, 2.05) is 0 Å². The molecule has 8 heteroatoms. The largest absolute Gasteiger partial charge is 0.477 e. The molecule has 0 bridgehead atoms. The van der Waals surface area contributed by atoms with Gasteiger partial charge in [-0.3, -0.25) is 19.3 Å². The van der Waals surface area contributed by atoms with Crippen LogP contribution in [0.25, 0.3) is 0 Å². The zero-order valence-electron chi connectivity index (χ0n) is 14.1. The van der Waals surface area contributed by atoms with Crippen molar-refractivity contribution >= 4 is 23.7 Å². The number of likely N-dealkylation sites (tertiary alicyclic amines) is 2. The van der Waals surface area contributed by atoms with Crippen molar-refractivity contribution in [2.45, 2.75) is 31.8 Å². The Morgan fingerprint density at radius 1 is 1.28 bits per heavy atom. The van der Waals surface area contributed by atoms with Crippen LogP contribution in [0.3, 0.4) is 0 Å². The number of carboxylic acids is 1. The van der Waals surface area contributed by atoms with Gasteiger partial charge in [0.05, 0.1) is 6.04 Å². The van der Waals surface area contributed by atoms with Crippen molar-refractivity contribution in [1.82, 2.24) is 14.7 Å². The van der Waals surface area contributed by atoms with Gasteiger partial charge in [0.25, 0.3) is 5.91 Å². The molecule has 3 fully saturated rings. The fraction of sp³-hybridized carbons (Fsp3) is 0.529. The average molecular weight is 345 g/mol. The molecule has 0 aliphatic carbocycles. The van der Waals surface area contributed by atoms with Crippen LogP contribution in [0.1, 0.15) is 19.8 Å². The molecule has 4 heterocycles. The number of likely N-dealkylation sites (N-methyl/N-ethyl adjacent to an activating group) is 1. The molecule has 3 atom stereocenters. The van der Waals surface area contributed by atoms with Gasteiger partial charge in [0.1, 0.15) is 11.7 Å². The van der Waals surface area contributed by atoms with E-state index in [0.29, 0.717) is 37.1 Å². The first-order valence-corrected chi connectivity index (χ1v) is 8.34. The maximum atomic E-state index is 12.5. The summed E-state index contributed by atoms with van der Waals surface area (Å²) < 4.78 is 0. The lowest BCUT2D eigenvalue weighted by molar-refractivity contribution is -0.159. The minimum absolute atomic E-state index is 0.00999. The van der Waals surface area contributed by atoms with E-state index in [2.05, 4.69) is 0 Å². The van der Waals surface area contributed by atoms with E-state index in [1.54, 1.807) is 18.0 Å². The highest BCUT2D eigenvalue weighted by molar-refractivity contribution is 6.03. The third kappa shape index (κ3) is 2.06. The van der Waals surface area contributed by atoms with Gasteiger partial charge in [-0.2, -0.15) is 0 Å². The van der Waals surface area contributed by atoms with E-state index in [1.165, 1.54) is 16.7 Å². The van der Waals surface area contributed by atoms with Crippen molar-refractivity contribution in [2.24, 2.45) is 5.92 Å². The van der Waals surface area contributed by atoms with Gasteiger partial charge in [-0.05, 0) is 24.5 Å². The number of hydrogen-bond donors (Lipinski definition) is 1. The molecule has 0 saturated carbocycles. The van der Waals surface area contributed by atoms with Crippen LogP contribution in [0.2, 0.25) is 0 Å². The van der Waals surface area contributed by atoms with Crippen LogP contribution >= 0.6 is 0 Å². The Morgan fingerprint density at radius 3 is 2.56 bits per heavy atom. The fourth-order valence-corrected chi connectivity index (χ4v) is 4.51. The highest BCUT2D eigenvalue weighted by Crippen LogP contribution is 2.47. The number of β-lactam (4-membered cyclic amide) rings is 1. The van der Waals surface area contributed by atoms with Crippen LogP contribution in [0.4, 0.5) is 0 Å². The number of nitrogens with zero attached hydrogens (tertiary/aromatic N) is 3. The average Bonchev–Trinajstić information content (AvgIpc) is 3.07. The van der Waals surface area contributed by atoms with Gasteiger partial charge in [-0.15, -0.1) is 0 Å². The van der Waals surface area contributed by atoms with Crippen LogP contribution in [0, 0.1) is 5.92 Å². The summed E-state index contributed by atoms with van der Waals surface area (Å²) in [4.78, 5) is 52.7. The van der Waals surface area contributed by atoms with E-state index >= 15 is 0 Å². The number of carbonyl (C=O) groups is 4. The molecule has 0 aromatic carbocycles. The van der Waals surface area contributed by atoms with Gasteiger partial charge in [-0.1, -0.05) is 0 Å². The quantitative estimate of drug-likeness (QED) is 0.541. The number of amides is 3. The predicted octanol–water partition coefficient (Wildman–Crippen LogP) is -0.425. The molecule has 1 N–H and O–H groups in total. The zero-order chi connectivity index (χ0) is 18.0. The van der Waals surface area contributed by atoms with Crippen molar-refractivity contribution < 1.29 is 24.3 Å². The standard InChI is InChI=1S/C17H19N3O5/c1-8(21)19-7-11-6-10(5-9-3-4-18(2)15(9)22)13(17(24)25)20-12(11)14(19)16(20)23/h5,11-12,14H,3-4,6-7H2,1-2H3,(H,24,25)/b9-5+/t11?,12-,14?/m1/s1. The Bertz CT molecular complexity index is 783. The Labute approximate surface area is 144 Å². The second-order valence-electron chi connectivity index (χ2n) is 7.10. The van der Waals surface area contributed by atoms with E-state index in [4.69, 9.17) is 0 Å². The summed E-state index contributed by atoms with van der Waals surface area (Å²) >= 11 is 0. The van der Waals surface area contributed by atoms with Gasteiger partial charge in [0.15, 0.2) is 0 Å². The third-order valence-electron chi connectivity index (χ3n) is 5.68. The minimum atomic E-state index is -1.17. The molecule has 3 saturated heterocycles. The number of hydrogen-bond acceptors (Lipinski definition) is 4. The number of aliphatic carboxylic acids is 1. The third-order valence-corrected chi connectivity index (χ3v) is 5.68. The second-order valence-corrected chi connectivity index (χ2v) is 7.10. The molecule has 25 heavy (non-hydrogen) atoms. The lowest BCUT2D eigenvalue weighted by Crippen LogP contribution is -2.69.